The number of aryl methyl sites for hydroxylation is 2. The molecule has 0 saturated heterocycles. The van der Waals surface area contributed by atoms with Crippen LogP contribution in [0.25, 0.3) is 0 Å². The molecule has 2 heteroatoms. The van der Waals surface area contributed by atoms with Gasteiger partial charge in [-0.25, -0.2) is 0 Å². The quantitative estimate of drug-likeness (QED) is 0.550. The normalized spacial score (nSPS) is 13.1. The fraction of sp³-hybridized carbons (Fsp3) is 0.143. The van der Waals surface area contributed by atoms with Crippen LogP contribution in [-0.2, 0) is 0 Å². The standard InChI is InChI=1S/C14H12S2/c1-9-3-5-11-13(7-9)15-12-6-4-10(2)8-14(12)16-11/h3-8H,1-2H3. The van der Waals surface area contributed by atoms with Gasteiger partial charge in [0.15, 0.2) is 0 Å². The first kappa shape index (κ1) is 10.3. The van der Waals surface area contributed by atoms with Crippen LogP contribution in [0.15, 0.2) is 56.0 Å². The van der Waals surface area contributed by atoms with Crippen molar-refractivity contribution in [2.75, 3.05) is 0 Å². The predicted molar refractivity (Wildman–Crippen MR) is 70.6 cm³/mol. The summed E-state index contributed by atoms with van der Waals surface area (Å²) < 4.78 is 0. The molecule has 0 atom stereocenters. The highest BCUT2D eigenvalue weighted by molar-refractivity contribution is 8.05. The van der Waals surface area contributed by atoms with Crippen molar-refractivity contribution in [3.8, 4) is 0 Å². The van der Waals surface area contributed by atoms with Crippen LogP contribution >= 0.6 is 23.5 Å². The maximum absolute atomic E-state index is 2.27. The summed E-state index contributed by atoms with van der Waals surface area (Å²) in [5.41, 5.74) is 2.67. The fourth-order valence-corrected chi connectivity index (χ4v) is 4.19. The molecule has 3 rings (SSSR count). The van der Waals surface area contributed by atoms with Gasteiger partial charge in [0.1, 0.15) is 0 Å². The summed E-state index contributed by atoms with van der Waals surface area (Å²) in [4.78, 5) is 5.55. The first-order valence-electron chi connectivity index (χ1n) is 5.29. The number of benzene rings is 2. The highest BCUT2D eigenvalue weighted by Crippen LogP contribution is 2.48. The highest BCUT2D eigenvalue weighted by atomic mass is 32.2. The van der Waals surface area contributed by atoms with Gasteiger partial charge in [-0.05, 0) is 49.2 Å². The van der Waals surface area contributed by atoms with E-state index in [2.05, 4.69) is 50.2 Å². The molecular weight excluding hydrogens is 232 g/mol. The molecule has 0 spiro atoms. The smallest absolute Gasteiger partial charge is 0.0265 e. The molecule has 80 valence electrons. The Bertz CT molecular complexity index is 507. The molecule has 2 aromatic carbocycles. The van der Waals surface area contributed by atoms with E-state index in [1.54, 1.807) is 0 Å². The van der Waals surface area contributed by atoms with Gasteiger partial charge in [0.2, 0.25) is 0 Å². The summed E-state index contributed by atoms with van der Waals surface area (Å²) in [6.45, 7) is 4.30. The van der Waals surface area contributed by atoms with Crippen molar-refractivity contribution in [1.82, 2.24) is 0 Å². The molecule has 0 aromatic heterocycles. The third kappa shape index (κ3) is 1.76. The van der Waals surface area contributed by atoms with Crippen LogP contribution in [0.4, 0.5) is 0 Å². The van der Waals surface area contributed by atoms with Gasteiger partial charge in [-0.1, -0.05) is 35.7 Å². The van der Waals surface area contributed by atoms with E-state index in [0.717, 1.165) is 0 Å². The van der Waals surface area contributed by atoms with Gasteiger partial charge in [-0.15, -0.1) is 0 Å². The van der Waals surface area contributed by atoms with Gasteiger partial charge in [0.25, 0.3) is 0 Å². The molecule has 0 aliphatic carbocycles. The van der Waals surface area contributed by atoms with Crippen LogP contribution in [-0.4, -0.2) is 0 Å². The van der Waals surface area contributed by atoms with Crippen LogP contribution in [0.1, 0.15) is 11.1 Å². The second-order valence-corrected chi connectivity index (χ2v) is 6.27. The van der Waals surface area contributed by atoms with Gasteiger partial charge >= 0.3 is 0 Å². The van der Waals surface area contributed by atoms with Gasteiger partial charge in [-0.2, -0.15) is 0 Å². The molecule has 0 unspecified atom stereocenters. The summed E-state index contributed by atoms with van der Waals surface area (Å²) in [6.07, 6.45) is 0. The lowest BCUT2D eigenvalue weighted by atomic mass is 10.2. The Balaban J connectivity index is 2.09. The van der Waals surface area contributed by atoms with Crippen molar-refractivity contribution in [3.05, 3.63) is 47.5 Å². The van der Waals surface area contributed by atoms with E-state index in [1.165, 1.54) is 30.7 Å². The number of fused-ring (bicyclic) bond motifs is 2. The second kappa shape index (κ2) is 3.86. The van der Waals surface area contributed by atoms with Gasteiger partial charge in [-0.3, -0.25) is 0 Å². The van der Waals surface area contributed by atoms with Crippen LogP contribution in [0, 0.1) is 13.8 Å². The summed E-state index contributed by atoms with van der Waals surface area (Å²) in [7, 11) is 0. The average molecular weight is 244 g/mol. The summed E-state index contributed by atoms with van der Waals surface area (Å²) in [6, 6.07) is 13.4. The molecule has 0 saturated carbocycles. The van der Waals surface area contributed by atoms with E-state index in [-0.39, 0.29) is 0 Å². The second-order valence-electron chi connectivity index (χ2n) is 4.10. The molecule has 0 bridgehead atoms. The third-order valence-electron chi connectivity index (χ3n) is 2.64. The largest absolute Gasteiger partial charge is 0.0877 e. The Morgan fingerprint density at radius 3 is 1.50 bits per heavy atom. The molecule has 2 aromatic rings. The van der Waals surface area contributed by atoms with E-state index < -0.39 is 0 Å². The number of rotatable bonds is 0. The van der Waals surface area contributed by atoms with Crippen LogP contribution < -0.4 is 0 Å². The maximum atomic E-state index is 2.27. The minimum absolute atomic E-state index is 1.34. The van der Waals surface area contributed by atoms with Crippen LogP contribution in [0.3, 0.4) is 0 Å². The number of hydrogen-bond acceptors (Lipinski definition) is 2. The molecule has 0 fully saturated rings. The molecule has 0 N–H and O–H groups in total. The van der Waals surface area contributed by atoms with E-state index >= 15 is 0 Å². The van der Waals surface area contributed by atoms with Crippen LogP contribution in [0.2, 0.25) is 0 Å². The summed E-state index contributed by atoms with van der Waals surface area (Å²) in [5.74, 6) is 0. The Labute approximate surface area is 104 Å². The van der Waals surface area contributed by atoms with Crippen molar-refractivity contribution in [2.45, 2.75) is 33.4 Å². The molecular formula is C14H12S2. The Kier molecular flexibility index (Phi) is 2.49. The zero-order chi connectivity index (χ0) is 11.1. The summed E-state index contributed by atoms with van der Waals surface area (Å²) in [5, 5.41) is 0. The predicted octanol–water partition coefficient (Wildman–Crippen LogP) is 4.92. The van der Waals surface area contributed by atoms with Gasteiger partial charge in [0.05, 0.1) is 0 Å². The van der Waals surface area contributed by atoms with Crippen molar-refractivity contribution in [3.63, 3.8) is 0 Å². The molecule has 16 heavy (non-hydrogen) atoms. The Morgan fingerprint density at radius 1 is 0.625 bits per heavy atom. The highest BCUT2D eigenvalue weighted by Gasteiger charge is 2.16. The van der Waals surface area contributed by atoms with E-state index in [9.17, 15) is 0 Å². The zero-order valence-corrected chi connectivity index (χ0v) is 10.9. The first-order chi connectivity index (χ1) is 7.72. The molecule has 0 amide bonds. The minimum atomic E-state index is 1.34. The van der Waals surface area contributed by atoms with Gasteiger partial charge < -0.3 is 0 Å². The SMILES string of the molecule is Cc1ccc2c(c1)Sc1ccc(C)cc1S2. The summed E-state index contributed by atoms with van der Waals surface area (Å²) >= 11 is 3.77. The first-order valence-corrected chi connectivity index (χ1v) is 6.93. The van der Waals surface area contributed by atoms with Crippen molar-refractivity contribution in [1.29, 1.82) is 0 Å². The Hall–Kier alpha value is -0.860. The van der Waals surface area contributed by atoms with E-state index in [0.29, 0.717) is 0 Å². The lowest BCUT2D eigenvalue weighted by Gasteiger charge is -2.18. The van der Waals surface area contributed by atoms with Crippen molar-refractivity contribution < 1.29 is 0 Å². The van der Waals surface area contributed by atoms with Crippen LogP contribution in [0.5, 0.6) is 0 Å². The maximum Gasteiger partial charge on any atom is 0.0265 e. The van der Waals surface area contributed by atoms with Crippen molar-refractivity contribution >= 4 is 23.5 Å². The average Bonchev–Trinajstić information content (AvgIpc) is 2.26. The number of hydrogen-bond donors (Lipinski definition) is 0. The Morgan fingerprint density at radius 2 is 1.06 bits per heavy atom. The molecule has 1 aliphatic heterocycles. The third-order valence-corrected chi connectivity index (χ3v) is 5.16. The fourth-order valence-electron chi connectivity index (χ4n) is 1.80. The molecule has 1 heterocycles. The van der Waals surface area contributed by atoms with E-state index in [4.69, 9.17) is 0 Å². The minimum Gasteiger partial charge on any atom is -0.0877 e. The lowest BCUT2D eigenvalue weighted by Crippen LogP contribution is -1.90. The lowest BCUT2D eigenvalue weighted by molar-refractivity contribution is 1.13. The molecule has 0 nitrogen and oxygen atoms in total. The topological polar surface area (TPSA) is 0 Å². The molecule has 0 radical (unpaired) electrons. The monoisotopic (exact) mass is 244 g/mol. The van der Waals surface area contributed by atoms with E-state index in [1.807, 2.05) is 23.5 Å². The molecule has 1 aliphatic rings. The van der Waals surface area contributed by atoms with Crippen molar-refractivity contribution in [2.24, 2.45) is 0 Å². The van der Waals surface area contributed by atoms with Gasteiger partial charge in [0, 0.05) is 19.6 Å². The zero-order valence-electron chi connectivity index (χ0n) is 9.28.